The van der Waals surface area contributed by atoms with E-state index in [0.717, 1.165) is 10.5 Å². The lowest BCUT2D eigenvalue weighted by molar-refractivity contribution is -0.154. The molecule has 6 nitrogen and oxygen atoms in total. The summed E-state index contributed by atoms with van der Waals surface area (Å²) in [6, 6.07) is 9.28. The summed E-state index contributed by atoms with van der Waals surface area (Å²) in [7, 11) is 1.49. The summed E-state index contributed by atoms with van der Waals surface area (Å²) >= 11 is 0. The summed E-state index contributed by atoms with van der Waals surface area (Å²) in [4.78, 5) is 40.9. The van der Waals surface area contributed by atoms with Gasteiger partial charge in [-0.15, -0.1) is 0 Å². The van der Waals surface area contributed by atoms with Crippen molar-refractivity contribution in [3.63, 3.8) is 0 Å². The van der Waals surface area contributed by atoms with Crippen LogP contribution >= 0.6 is 0 Å². The van der Waals surface area contributed by atoms with Crippen LogP contribution in [0.25, 0.3) is 6.08 Å². The van der Waals surface area contributed by atoms with Crippen LogP contribution < -0.4 is 5.32 Å². The van der Waals surface area contributed by atoms with Gasteiger partial charge in [0.25, 0.3) is 5.91 Å². The Morgan fingerprint density at radius 2 is 1.59 bits per heavy atom. The van der Waals surface area contributed by atoms with Gasteiger partial charge in [-0.2, -0.15) is 0 Å². The largest absolute Gasteiger partial charge is 0.329 e. The number of carbonyl (C=O) groups excluding carboxylic acids is 3. The average molecular weight is 369 g/mol. The van der Waals surface area contributed by atoms with Gasteiger partial charge in [-0.3, -0.25) is 14.5 Å². The minimum atomic E-state index is -0.960. The zero-order valence-electron chi connectivity index (χ0n) is 16.6. The van der Waals surface area contributed by atoms with Crippen molar-refractivity contribution in [2.24, 2.45) is 0 Å². The minimum absolute atomic E-state index is 0.103. The first-order chi connectivity index (χ1) is 12.5. The highest BCUT2D eigenvalue weighted by Gasteiger charge is 2.61. The first-order valence-corrected chi connectivity index (χ1v) is 9.16. The van der Waals surface area contributed by atoms with Crippen molar-refractivity contribution in [3.05, 3.63) is 42.0 Å². The molecule has 2 aliphatic heterocycles. The molecule has 6 heteroatoms. The van der Waals surface area contributed by atoms with E-state index in [1.54, 1.807) is 12.2 Å². The van der Waals surface area contributed by atoms with Crippen LogP contribution in [0.3, 0.4) is 0 Å². The van der Waals surface area contributed by atoms with Gasteiger partial charge in [-0.1, -0.05) is 30.3 Å². The van der Waals surface area contributed by atoms with Crippen molar-refractivity contribution >= 4 is 23.9 Å². The number of rotatable bonds is 2. The second-order valence-electron chi connectivity index (χ2n) is 8.77. The number of imide groups is 1. The molecule has 1 aromatic carbocycles. The van der Waals surface area contributed by atoms with E-state index in [1.165, 1.54) is 7.05 Å². The minimum Gasteiger partial charge on any atom is -0.329 e. The highest BCUT2D eigenvalue weighted by Crippen LogP contribution is 2.45. The predicted octanol–water partition coefficient (Wildman–Crippen LogP) is 2.80. The molecule has 0 radical (unpaired) electrons. The number of nitrogens with zero attached hydrogens (tertiary/aromatic N) is 2. The van der Waals surface area contributed by atoms with Crippen molar-refractivity contribution in [2.75, 3.05) is 7.05 Å². The molecule has 27 heavy (non-hydrogen) atoms. The average Bonchev–Trinajstić information content (AvgIpc) is 2.75. The van der Waals surface area contributed by atoms with E-state index < -0.39 is 16.6 Å². The van der Waals surface area contributed by atoms with E-state index in [-0.39, 0.29) is 17.8 Å². The smallest absolute Gasteiger partial charge is 0.324 e. The molecule has 1 aromatic rings. The van der Waals surface area contributed by atoms with E-state index in [1.807, 2.05) is 62.9 Å². The van der Waals surface area contributed by atoms with Crippen LogP contribution in [0, 0.1) is 0 Å². The Morgan fingerprint density at radius 1 is 1.04 bits per heavy atom. The maximum atomic E-state index is 13.1. The fourth-order valence-corrected chi connectivity index (χ4v) is 4.91. The predicted molar refractivity (Wildman–Crippen MR) is 104 cm³/mol. The number of hydrogen-bond donors (Lipinski definition) is 1. The fraction of sp³-hybridized carbons (Fsp3) is 0.476. The number of piperidine rings is 1. The topological polar surface area (TPSA) is 69.7 Å². The molecular formula is C21H27N3O3. The van der Waals surface area contributed by atoms with Gasteiger partial charge in [0, 0.05) is 37.0 Å². The molecule has 2 saturated heterocycles. The highest BCUT2D eigenvalue weighted by molar-refractivity contribution is 6.07. The highest BCUT2D eigenvalue weighted by atomic mass is 16.2. The molecule has 0 bridgehead atoms. The summed E-state index contributed by atoms with van der Waals surface area (Å²) in [6.45, 7) is 7.78. The second-order valence-corrected chi connectivity index (χ2v) is 8.77. The van der Waals surface area contributed by atoms with Gasteiger partial charge >= 0.3 is 6.03 Å². The Bertz CT molecular complexity index is 793. The van der Waals surface area contributed by atoms with Crippen LogP contribution in [0.1, 0.15) is 46.1 Å². The number of amides is 4. The molecule has 0 atom stereocenters. The van der Waals surface area contributed by atoms with Crippen LogP contribution in [0.15, 0.2) is 36.4 Å². The Kier molecular flexibility index (Phi) is 4.41. The number of likely N-dealkylation sites (N-methyl/N-ethyl adjacent to an activating group) is 1. The van der Waals surface area contributed by atoms with Crippen molar-refractivity contribution in [1.29, 1.82) is 0 Å². The third-order valence-corrected chi connectivity index (χ3v) is 5.48. The molecule has 2 aliphatic rings. The SMILES string of the molecule is CN1C(=O)NC2(CC(C)(C)N(C(=O)/C=C/c3ccccc3)C(C)(C)C2)C1=O. The Balaban J connectivity index is 1.90. The summed E-state index contributed by atoms with van der Waals surface area (Å²) < 4.78 is 0. The first kappa shape index (κ1) is 19.1. The molecule has 3 rings (SSSR count). The van der Waals surface area contributed by atoms with Crippen LogP contribution in [-0.2, 0) is 9.59 Å². The molecule has 0 aliphatic carbocycles. The van der Waals surface area contributed by atoms with E-state index in [4.69, 9.17) is 0 Å². The Morgan fingerprint density at radius 3 is 2.07 bits per heavy atom. The molecule has 2 heterocycles. The van der Waals surface area contributed by atoms with Crippen molar-refractivity contribution in [3.8, 4) is 0 Å². The van der Waals surface area contributed by atoms with E-state index in [2.05, 4.69) is 5.32 Å². The molecule has 0 aromatic heterocycles. The molecule has 144 valence electrons. The monoisotopic (exact) mass is 369 g/mol. The van der Waals surface area contributed by atoms with Crippen molar-refractivity contribution < 1.29 is 14.4 Å². The van der Waals surface area contributed by atoms with Gasteiger partial charge < -0.3 is 10.2 Å². The Labute approximate surface area is 160 Å². The molecule has 0 unspecified atom stereocenters. The maximum Gasteiger partial charge on any atom is 0.324 e. The van der Waals surface area contributed by atoms with Crippen LogP contribution in [0.4, 0.5) is 4.79 Å². The fourth-order valence-electron chi connectivity index (χ4n) is 4.91. The number of nitrogens with one attached hydrogen (secondary N) is 1. The Hall–Kier alpha value is -2.63. The molecule has 4 amide bonds. The van der Waals surface area contributed by atoms with Gasteiger partial charge in [-0.05, 0) is 39.3 Å². The number of hydrogen-bond acceptors (Lipinski definition) is 3. The summed E-state index contributed by atoms with van der Waals surface area (Å²) in [5.41, 5.74) is -1.21. The quantitative estimate of drug-likeness (QED) is 0.644. The standard InChI is InChI=1S/C21H27N3O3/c1-19(2)13-21(17(26)23(5)18(27)22-21)14-20(3,4)24(19)16(25)12-11-15-9-7-6-8-10-15/h6-12H,13-14H2,1-5H3,(H,22,27)/b12-11+. The number of carbonyl (C=O) groups is 3. The second kappa shape index (κ2) is 6.22. The van der Waals surface area contributed by atoms with Gasteiger partial charge in [0.1, 0.15) is 5.54 Å². The lowest BCUT2D eigenvalue weighted by Gasteiger charge is -2.57. The number of benzene rings is 1. The van der Waals surface area contributed by atoms with Crippen LogP contribution in [0.5, 0.6) is 0 Å². The molecule has 0 saturated carbocycles. The molecule has 1 N–H and O–H groups in total. The van der Waals surface area contributed by atoms with Gasteiger partial charge in [0.05, 0.1) is 0 Å². The van der Waals surface area contributed by atoms with Gasteiger partial charge in [-0.25, -0.2) is 4.79 Å². The van der Waals surface area contributed by atoms with Crippen molar-refractivity contribution in [1.82, 2.24) is 15.1 Å². The normalized spacial score (nSPS) is 23.1. The zero-order chi connectivity index (χ0) is 20.0. The molecule has 1 spiro atoms. The third kappa shape index (κ3) is 3.24. The van der Waals surface area contributed by atoms with Crippen molar-refractivity contribution in [2.45, 2.75) is 57.2 Å². The van der Waals surface area contributed by atoms with Gasteiger partial charge in [0.15, 0.2) is 0 Å². The van der Waals surface area contributed by atoms with Crippen LogP contribution in [0.2, 0.25) is 0 Å². The van der Waals surface area contributed by atoms with Crippen LogP contribution in [-0.4, -0.2) is 51.3 Å². The maximum absolute atomic E-state index is 13.1. The first-order valence-electron chi connectivity index (χ1n) is 9.16. The van der Waals surface area contributed by atoms with E-state index in [0.29, 0.717) is 12.8 Å². The van der Waals surface area contributed by atoms with E-state index >= 15 is 0 Å². The molecular weight excluding hydrogens is 342 g/mol. The van der Waals surface area contributed by atoms with E-state index in [9.17, 15) is 14.4 Å². The summed E-state index contributed by atoms with van der Waals surface area (Å²) in [5, 5.41) is 2.88. The summed E-state index contributed by atoms with van der Waals surface area (Å²) in [6.07, 6.45) is 4.14. The zero-order valence-corrected chi connectivity index (χ0v) is 16.6. The third-order valence-electron chi connectivity index (χ3n) is 5.48. The molecule has 2 fully saturated rings. The van der Waals surface area contributed by atoms with Gasteiger partial charge in [0.2, 0.25) is 5.91 Å². The number of urea groups is 1. The lowest BCUT2D eigenvalue weighted by Crippen LogP contribution is -2.70. The number of likely N-dealkylation sites (tertiary alicyclic amines) is 1. The summed E-state index contributed by atoms with van der Waals surface area (Å²) in [5.74, 6) is -0.325. The lowest BCUT2D eigenvalue weighted by atomic mass is 9.69.